The summed E-state index contributed by atoms with van der Waals surface area (Å²) in [6.45, 7) is 0.519. The maximum absolute atomic E-state index is 13.1. The van der Waals surface area contributed by atoms with E-state index in [2.05, 4.69) is 30.6 Å². The van der Waals surface area contributed by atoms with E-state index in [0.717, 1.165) is 10.9 Å². The molecule has 9 nitrogen and oxygen atoms in total. The summed E-state index contributed by atoms with van der Waals surface area (Å²) in [5, 5.41) is 9.01. The number of hydrogen-bond donors (Lipinski definition) is 2. The molecule has 4 rings (SSSR count). The number of carbonyl (C=O) groups excluding carboxylic acids is 1. The van der Waals surface area contributed by atoms with Gasteiger partial charge in [0.25, 0.3) is 15.9 Å². The lowest BCUT2D eigenvalue weighted by Gasteiger charge is -2.23. The van der Waals surface area contributed by atoms with E-state index in [-0.39, 0.29) is 22.4 Å². The molecular formula is C22H19BrN4O5S. The average molecular weight is 531 g/mol. The Morgan fingerprint density at radius 2 is 1.64 bits per heavy atom. The second-order valence-corrected chi connectivity index (χ2v) is 10.0. The molecular weight excluding hydrogens is 512 g/mol. The molecule has 0 saturated carbocycles. The monoisotopic (exact) mass is 530 g/mol. The lowest BCUT2D eigenvalue weighted by atomic mass is 10.1. The Morgan fingerprint density at radius 3 is 2.24 bits per heavy atom. The van der Waals surface area contributed by atoms with Crippen LogP contribution >= 0.6 is 15.9 Å². The zero-order valence-electron chi connectivity index (χ0n) is 17.2. The Labute approximate surface area is 198 Å². The first-order valence-electron chi connectivity index (χ1n) is 9.99. The van der Waals surface area contributed by atoms with Crippen LogP contribution in [0, 0.1) is 0 Å². The largest absolute Gasteiger partial charge is 0.478 e. The molecule has 1 fully saturated rings. The number of sulfonamides is 1. The number of carboxylic acid groups (broad SMARTS) is 1. The summed E-state index contributed by atoms with van der Waals surface area (Å²) >= 11 is 3.27. The van der Waals surface area contributed by atoms with Crippen LogP contribution in [0.3, 0.4) is 0 Å². The third-order valence-electron chi connectivity index (χ3n) is 5.24. The van der Waals surface area contributed by atoms with E-state index in [0.29, 0.717) is 30.0 Å². The lowest BCUT2D eigenvalue weighted by Crippen LogP contribution is -2.31. The van der Waals surface area contributed by atoms with Gasteiger partial charge in [-0.15, -0.1) is 0 Å². The Bertz CT molecular complexity index is 1280. The summed E-state index contributed by atoms with van der Waals surface area (Å²) in [5.74, 6) is -0.952. The molecule has 1 amide bonds. The molecule has 3 aromatic rings. The number of hydrogen-bond acceptors (Lipinski definition) is 6. The van der Waals surface area contributed by atoms with E-state index in [1.54, 1.807) is 29.2 Å². The van der Waals surface area contributed by atoms with E-state index in [4.69, 9.17) is 5.11 Å². The van der Waals surface area contributed by atoms with Gasteiger partial charge in [0, 0.05) is 34.7 Å². The zero-order chi connectivity index (χ0) is 23.6. The van der Waals surface area contributed by atoms with Gasteiger partial charge in [0.2, 0.25) is 0 Å². The number of rotatable bonds is 6. The summed E-state index contributed by atoms with van der Waals surface area (Å²) in [6.07, 6.45) is 3.91. The van der Waals surface area contributed by atoms with Gasteiger partial charge in [0.15, 0.2) is 5.82 Å². The summed E-state index contributed by atoms with van der Waals surface area (Å²) in [7, 11) is -3.76. The molecule has 1 saturated heterocycles. The average Bonchev–Trinajstić information content (AvgIpc) is 3.29. The van der Waals surface area contributed by atoms with Crippen molar-refractivity contribution in [2.45, 2.75) is 23.8 Å². The number of likely N-dealkylation sites (tertiary alicyclic amines) is 1. The lowest BCUT2D eigenvalue weighted by molar-refractivity contribution is 0.0690. The molecule has 2 heterocycles. The van der Waals surface area contributed by atoms with Gasteiger partial charge < -0.3 is 10.0 Å². The van der Waals surface area contributed by atoms with Crippen LogP contribution in [0.4, 0.5) is 5.69 Å². The van der Waals surface area contributed by atoms with Gasteiger partial charge in [-0.2, -0.15) is 0 Å². The number of nitrogens with zero attached hydrogens (tertiary/aromatic N) is 3. The number of aromatic carboxylic acids is 1. The SMILES string of the molecule is O=C(O)c1cnc(C2CCCN2C(=O)c2ccc(NS(=O)(=O)c3ccc(Br)cc3)cc2)nc1. The van der Waals surface area contributed by atoms with Crippen LogP contribution in [0.1, 0.15) is 45.4 Å². The van der Waals surface area contributed by atoms with E-state index in [1.807, 2.05) is 0 Å². The maximum atomic E-state index is 13.1. The second-order valence-electron chi connectivity index (χ2n) is 7.43. The highest BCUT2D eigenvalue weighted by molar-refractivity contribution is 9.10. The molecule has 1 aliphatic rings. The van der Waals surface area contributed by atoms with Crippen LogP contribution in [0.5, 0.6) is 0 Å². The zero-order valence-corrected chi connectivity index (χ0v) is 19.6. The van der Waals surface area contributed by atoms with Crippen molar-refractivity contribution in [3.05, 3.63) is 82.3 Å². The van der Waals surface area contributed by atoms with Gasteiger partial charge in [-0.1, -0.05) is 15.9 Å². The molecule has 33 heavy (non-hydrogen) atoms. The van der Waals surface area contributed by atoms with E-state index in [9.17, 15) is 18.0 Å². The quantitative estimate of drug-likeness (QED) is 0.496. The highest BCUT2D eigenvalue weighted by Gasteiger charge is 2.32. The molecule has 170 valence electrons. The fraction of sp³-hybridized carbons (Fsp3) is 0.182. The first-order chi connectivity index (χ1) is 15.7. The van der Waals surface area contributed by atoms with Crippen LogP contribution in [0.15, 0.2) is 70.3 Å². The number of aromatic nitrogens is 2. The normalized spacial score (nSPS) is 15.9. The first-order valence-corrected chi connectivity index (χ1v) is 12.3. The molecule has 1 unspecified atom stereocenters. The number of anilines is 1. The van der Waals surface area contributed by atoms with Crippen LogP contribution in [-0.4, -0.2) is 46.8 Å². The summed E-state index contributed by atoms with van der Waals surface area (Å²) < 4.78 is 28.4. The van der Waals surface area contributed by atoms with E-state index < -0.39 is 16.0 Å². The van der Waals surface area contributed by atoms with Crippen molar-refractivity contribution in [3.63, 3.8) is 0 Å². The summed E-state index contributed by atoms with van der Waals surface area (Å²) in [6, 6.07) is 12.1. The van der Waals surface area contributed by atoms with Gasteiger partial charge in [0.05, 0.1) is 16.5 Å². The fourth-order valence-corrected chi connectivity index (χ4v) is 4.90. The minimum Gasteiger partial charge on any atom is -0.478 e. The number of nitrogens with one attached hydrogen (secondary N) is 1. The number of halogens is 1. The van der Waals surface area contributed by atoms with E-state index >= 15 is 0 Å². The number of carbonyl (C=O) groups is 2. The van der Waals surface area contributed by atoms with Crippen molar-refractivity contribution < 1.29 is 23.1 Å². The van der Waals surface area contributed by atoms with Crippen molar-refractivity contribution in [1.29, 1.82) is 0 Å². The molecule has 0 spiro atoms. The smallest absolute Gasteiger partial charge is 0.338 e. The second kappa shape index (κ2) is 9.28. The van der Waals surface area contributed by atoms with Gasteiger partial charge in [-0.3, -0.25) is 9.52 Å². The Hall–Kier alpha value is -3.31. The Morgan fingerprint density at radius 1 is 1.00 bits per heavy atom. The van der Waals surface area contributed by atoms with Gasteiger partial charge in [0.1, 0.15) is 0 Å². The van der Waals surface area contributed by atoms with Crippen LogP contribution in [0.2, 0.25) is 0 Å². The number of benzene rings is 2. The number of amides is 1. The molecule has 2 N–H and O–H groups in total. The molecule has 11 heteroatoms. The third kappa shape index (κ3) is 5.04. The predicted molar refractivity (Wildman–Crippen MR) is 123 cm³/mol. The molecule has 1 atom stereocenters. The maximum Gasteiger partial charge on any atom is 0.338 e. The Balaban J connectivity index is 1.48. The highest BCUT2D eigenvalue weighted by Crippen LogP contribution is 2.31. The topological polar surface area (TPSA) is 130 Å². The molecule has 1 aliphatic heterocycles. The van der Waals surface area contributed by atoms with Crippen molar-refractivity contribution in [2.75, 3.05) is 11.3 Å². The van der Waals surface area contributed by atoms with Crippen molar-refractivity contribution in [1.82, 2.24) is 14.9 Å². The van der Waals surface area contributed by atoms with Crippen molar-refractivity contribution >= 4 is 43.5 Å². The number of carboxylic acids is 1. The minimum absolute atomic E-state index is 0.0178. The minimum atomic E-state index is -3.76. The molecule has 0 aliphatic carbocycles. The van der Waals surface area contributed by atoms with Gasteiger partial charge in [-0.25, -0.2) is 23.2 Å². The van der Waals surface area contributed by atoms with Crippen molar-refractivity contribution in [3.8, 4) is 0 Å². The Kier molecular flexibility index (Phi) is 6.43. The van der Waals surface area contributed by atoms with Crippen molar-refractivity contribution in [2.24, 2.45) is 0 Å². The van der Waals surface area contributed by atoms with Crippen LogP contribution < -0.4 is 4.72 Å². The van der Waals surface area contributed by atoms with Crippen LogP contribution in [0.25, 0.3) is 0 Å². The fourth-order valence-electron chi connectivity index (χ4n) is 3.57. The van der Waals surface area contributed by atoms with E-state index in [1.165, 1.54) is 36.7 Å². The molecule has 0 bridgehead atoms. The van der Waals surface area contributed by atoms with Gasteiger partial charge in [-0.05, 0) is 61.4 Å². The van der Waals surface area contributed by atoms with Gasteiger partial charge >= 0.3 is 5.97 Å². The molecule has 0 radical (unpaired) electrons. The van der Waals surface area contributed by atoms with Crippen LogP contribution in [-0.2, 0) is 10.0 Å². The summed E-state index contributed by atoms with van der Waals surface area (Å²) in [5.41, 5.74) is 0.714. The first kappa shape index (κ1) is 22.9. The highest BCUT2D eigenvalue weighted by atomic mass is 79.9. The molecule has 1 aromatic heterocycles. The third-order valence-corrected chi connectivity index (χ3v) is 7.16. The molecule has 2 aromatic carbocycles. The summed E-state index contributed by atoms with van der Waals surface area (Å²) in [4.78, 5) is 34.1. The predicted octanol–water partition coefficient (Wildman–Crippen LogP) is 3.72. The standard InChI is InChI=1S/C22H19BrN4O5S/c23-16-5-9-18(10-6-16)33(31,32)26-17-7-3-14(4-8-17)21(28)27-11-1-2-19(27)20-24-12-15(13-25-20)22(29)30/h3-10,12-13,19,26H,1-2,11H2,(H,29,30).